The highest BCUT2D eigenvalue weighted by Gasteiger charge is 2.26. The van der Waals surface area contributed by atoms with E-state index in [1.54, 1.807) is 0 Å². The van der Waals surface area contributed by atoms with Crippen LogP contribution < -0.4 is 5.32 Å². The number of nitrogens with one attached hydrogen (secondary N) is 1. The van der Waals surface area contributed by atoms with Crippen molar-refractivity contribution in [3.63, 3.8) is 0 Å². The molecular weight excluding hydrogens is 210 g/mol. The van der Waals surface area contributed by atoms with Crippen LogP contribution in [-0.4, -0.2) is 62.2 Å². The van der Waals surface area contributed by atoms with E-state index in [-0.39, 0.29) is 0 Å². The molecule has 0 aromatic carbocycles. The number of hydrogen-bond acceptors (Lipinski definition) is 3. The SMILES string of the molecule is CC(C)(CN1CCCCC1)CN1CCNCC1. The molecule has 0 saturated carbocycles. The summed E-state index contributed by atoms with van der Waals surface area (Å²) in [6.45, 7) is 14.8. The van der Waals surface area contributed by atoms with Crippen molar-refractivity contribution in [3.8, 4) is 0 Å². The Morgan fingerprint density at radius 3 is 1.94 bits per heavy atom. The maximum Gasteiger partial charge on any atom is 0.0108 e. The van der Waals surface area contributed by atoms with Gasteiger partial charge in [0.05, 0.1) is 0 Å². The molecule has 2 saturated heterocycles. The van der Waals surface area contributed by atoms with E-state index in [4.69, 9.17) is 0 Å². The van der Waals surface area contributed by atoms with Crippen molar-refractivity contribution in [1.82, 2.24) is 15.1 Å². The molecule has 2 heterocycles. The second-order valence-corrected chi connectivity index (χ2v) is 6.53. The van der Waals surface area contributed by atoms with E-state index in [0.717, 1.165) is 0 Å². The summed E-state index contributed by atoms with van der Waals surface area (Å²) in [7, 11) is 0. The van der Waals surface area contributed by atoms with E-state index in [2.05, 4.69) is 29.0 Å². The fraction of sp³-hybridized carbons (Fsp3) is 1.00. The van der Waals surface area contributed by atoms with Gasteiger partial charge in [-0.25, -0.2) is 0 Å². The quantitative estimate of drug-likeness (QED) is 0.800. The van der Waals surface area contributed by atoms with Crippen molar-refractivity contribution in [2.45, 2.75) is 33.1 Å². The van der Waals surface area contributed by atoms with Crippen LogP contribution in [-0.2, 0) is 0 Å². The molecule has 0 unspecified atom stereocenters. The van der Waals surface area contributed by atoms with Crippen LogP contribution >= 0.6 is 0 Å². The summed E-state index contributed by atoms with van der Waals surface area (Å²) in [4.78, 5) is 5.30. The molecule has 2 fully saturated rings. The normalized spacial score (nSPS) is 25.1. The van der Waals surface area contributed by atoms with E-state index in [1.165, 1.54) is 71.6 Å². The van der Waals surface area contributed by atoms with Gasteiger partial charge in [0.2, 0.25) is 0 Å². The molecule has 0 bridgehead atoms. The predicted octanol–water partition coefficient (Wildman–Crippen LogP) is 1.40. The van der Waals surface area contributed by atoms with Crippen molar-refractivity contribution < 1.29 is 0 Å². The molecule has 2 rings (SSSR count). The Morgan fingerprint density at radius 1 is 0.824 bits per heavy atom. The standard InChI is InChI=1S/C14H29N3/c1-14(2,12-16-8-4-3-5-9-16)13-17-10-6-15-7-11-17/h15H,3-13H2,1-2H3. The van der Waals surface area contributed by atoms with Crippen molar-refractivity contribution in [2.75, 3.05) is 52.4 Å². The van der Waals surface area contributed by atoms with Crippen molar-refractivity contribution in [3.05, 3.63) is 0 Å². The molecule has 0 amide bonds. The molecule has 2 aliphatic rings. The number of piperazine rings is 1. The average Bonchev–Trinajstić information content (AvgIpc) is 2.30. The first-order valence-corrected chi connectivity index (χ1v) is 7.31. The zero-order valence-electron chi connectivity index (χ0n) is 11.7. The highest BCUT2D eigenvalue weighted by Crippen LogP contribution is 2.21. The predicted molar refractivity (Wildman–Crippen MR) is 73.4 cm³/mol. The van der Waals surface area contributed by atoms with Crippen LogP contribution in [0.2, 0.25) is 0 Å². The average molecular weight is 239 g/mol. The van der Waals surface area contributed by atoms with Gasteiger partial charge in [-0.2, -0.15) is 0 Å². The van der Waals surface area contributed by atoms with Crippen molar-refractivity contribution >= 4 is 0 Å². The van der Waals surface area contributed by atoms with Crippen LogP contribution in [0.1, 0.15) is 33.1 Å². The minimum atomic E-state index is 0.439. The second-order valence-electron chi connectivity index (χ2n) is 6.53. The van der Waals surface area contributed by atoms with Gasteiger partial charge >= 0.3 is 0 Å². The van der Waals surface area contributed by atoms with Crippen LogP contribution in [0.25, 0.3) is 0 Å². The first kappa shape index (κ1) is 13.3. The molecular formula is C14H29N3. The first-order valence-electron chi connectivity index (χ1n) is 7.31. The second kappa shape index (κ2) is 6.17. The van der Waals surface area contributed by atoms with Gasteiger partial charge in [-0.3, -0.25) is 0 Å². The summed E-state index contributed by atoms with van der Waals surface area (Å²) in [6.07, 6.45) is 4.25. The third-order valence-corrected chi connectivity index (χ3v) is 3.96. The minimum Gasteiger partial charge on any atom is -0.314 e. The van der Waals surface area contributed by atoms with Crippen molar-refractivity contribution in [1.29, 1.82) is 0 Å². The summed E-state index contributed by atoms with van der Waals surface area (Å²) in [5.41, 5.74) is 0.439. The van der Waals surface area contributed by atoms with Crippen LogP contribution in [0.5, 0.6) is 0 Å². The topological polar surface area (TPSA) is 18.5 Å². The summed E-state index contributed by atoms with van der Waals surface area (Å²) >= 11 is 0. The molecule has 0 atom stereocenters. The molecule has 1 N–H and O–H groups in total. The molecule has 0 aliphatic carbocycles. The maximum atomic E-state index is 3.43. The van der Waals surface area contributed by atoms with E-state index in [0.29, 0.717) is 5.41 Å². The smallest absolute Gasteiger partial charge is 0.0108 e. The van der Waals surface area contributed by atoms with Gasteiger partial charge < -0.3 is 15.1 Å². The van der Waals surface area contributed by atoms with E-state index >= 15 is 0 Å². The number of rotatable bonds is 4. The molecule has 0 aromatic heterocycles. The Bertz CT molecular complexity index is 194. The van der Waals surface area contributed by atoms with Crippen LogP contribution in [0.15, 0.2) is 0 Å². The Hall–Kier alpha value is -0.120. The summed E-state index contributed by atoms with van der Waals surface area (Å²) in [6, 6.07) is 0. The largest absolute Gasteiger partial charge is 0.314 e. The third kappa shape index (κ3) is 4.57. The molecule has 0 radical (unpaired) electrons. The molecule has 17 heavy (non-hydrogen) atoms. The zero-order valence-corrected chi connectivity index (χ0v) is 11.7. The van der Waals surface area contributed by atoms with Gasteiger partial charge in [0.15, 0.2) is 0 Å². The van der Waals surface area contributed by atoms with Gasteiger partial charge in [-0.1, -0.05) is 20.3 Å². The Balaban J connectivity index is 1.75. The van der Waals surface area contributed by atoms with E-state index in [9.17, 15) is 0 Å². The summed E-state index contributed by atoms with van der Waals surface area (Å²) in [5, 5.41) is 3.43. The molecule has 100 valence electrons. The van der Waals surface area contributed by atoms with Crippen molar-refractivity contribution in [2.24, 2.45) is 5.41 Å². The molecule has 0 aromatic rings. The lowest BCUT2D eigenvalue weighted by atomic mass is 9.90. The van der Waals surface area contributed by atoms with Crippen LogP contribution in [0.4, 0.5) is 0 Å². The minimum absolute atomic E-state index is 0.439. The Labute approximate surface area is 107 Å². The Kier molecular flexibility index (Phi) is 4.83. The van der Waals surface area contributed by atoms with Gasteiger partial charge in [-0.05, 0) is 31.3 Å². The molecule has 2 aliphatic heterocycles. The lowest BCUT2D eigenvalue weighted by molar-refractivity contribution is 0.101. The third-order valence-electron chi connectivity index (χ3n) is 3.96. The fourth-order valence-electron chi connectivity index (χ4n) is 3.25. The first-order chi connectivity index (χ1) is 8.16. The Morgan fingerprint density at radius 2 is 1.35 bits per heavy atom. The van der Waals surface area contributed by atoms with Gasteiger partial charge in [-0.15, -0.1) is 0 Å². The highest BCUT2D eigenvalue weighted by atomic mass is 15.2. The number of piperidine rings is 1. The van der Waals surface area contributed by atoms with E-state index < -0.39 is 0 Å². The highest BCUT2D eigenvalue weighted by molar-refractivity contribution is 4.81. The van der Waals surface area contributed by atoms with Gasteiger partial charge in [0.1, 0.15) is 0 Å². The van der Waals surface area contributed by atoms with E-state index in [1.807, 2.05) is 0 Å². The maximum absolute atomic E-state index is 3.43. The molecule has 3 nitrogen and oxygen atoms in total. The fourth-order valence-corrected chi connectivity index (χ4v) is 3.25. The number of nitrogens with zero attached hydrogens (tertiary/aromatic N) is 2. The molecule has 3 heteroatoms. The van der Waals surface area contributed by atoms with Crippen LogP contribution in [0, 0.1) is 5.41 Å². The van der Waals surface area contributed by atoms with Gasteiger partial charge in [0.25, 0.3) is 0 Å². The number of likely N-dealkylation sites (tertiary alicyclic amines) is 1. The lowest BCUT2D eigenvalue weighted by Gasteiger charge is -2.39. The van der Waals surface area contributed by atoms with Gasteiger partial charge in [0, 0.05) is 39.3 Å². The zero-order chi connectivity index (χ0) is 12.1. The van der Waals surface area contributed by atoms with Crippen LogP contribution in [0.3, 0.4) is 0 Å². The summed E-state index contributed by atoms with van der Waals surface area (Å²) < 4.78 is 0. The monoisotopic (exact) mass is 239 g/mol. The summed E-state index contributed by atoms with van der Waals surface area (Å²) in [5.74, 6) is 0. The lowest BCUT2D eigenvalue weighted by Crippen LogP contribution is -2.49. The molecule has 0 spiro atoms. The number of hydrogen-bond donors (Lipinski definition) is 1.